The summed E-state index contributed by atoms with van der Waals surface area (Å²) in [4.78, 5) is 36.1. The van der Waals surface area contributed by atoms with Crippen molar-refractivity contribution in [2.24, 2.45) is 0 Å². The molecule has 0 saturated heterocycles. The molecule has 0 spiro atoms. The highest BCUT2D eigenvalue weighted by Gasteiger charge is 2.30. The summed E-state index contributed by atoms with van der Waals surface area (Å²) in [5.41, 5.74) is 4.47. The van der Waals surface area contributed by atoms with E-state index >= 15 is 0 Å². The molecule has 2 aromatic carbocycles. The van der Waals surface area contributed by atoms with Crippen molar-refractivity contribution in [2.75, 3.05) is 6.61 Å². The number of carbonyl (C=O) groups is 3. The average Bonchev–Trinajstić information content (AvgIpc) is 3.09. The normalized spacial score (nSPS) is 14.1. The maximum atomic E-state index is 12.4. The third-order valence-corrected chi connectivity index (χ3v) is 5.55. The van der Waals surface area contributed by atoms with E-state index in [-0.39, 0.29) is 12.5 Å². The van der Waals surface area contributed by atoms with Crippen LogP contribution in [0.4, 0.5) is 4.79 Å². The van der Waals surface area contributed by atoms with Gasteiger partial charge >= 0.3 is 12.1 Å². The molecular formula is C24H28N2O5. The van der Waals surface area contributed by atoms with Gasteiger partial charge in [0.05, 0.1) is 0 Å². The molecule has 2 amide bonds. The van der Waals surface area contributed by atoms with Crippen molar-refractivity contribution in [1.29, 1.82) is 0 Å². The number of carboxylic acid groups (broad SMARTS) is 1. The third kappa shape index (κ3) is 5.05. The van der Waals surface area contributed by atoms with Crippen LogP contribution in [0.5, 0.6) is 0 Å². The third-order valence-electron chi connectivity index (χ3n) is 5.55. The van der Waals surface area contributed by atoms with Gasteiger partial charge in [0.25, 0.3) is 0 Å². The van der Waals surface area contributed by atoms with E-state index in [2.05, 4.69) is 22.8 Å². The molecule has 164 valence electrons. The van der Waals surface area contributed by atoms with Gasteiger partial charge in [-0.25, -0.2) is 9.59 Å². The van der Waals surface area contributed by atoms with Gasteiger partial charge in [0.1, 0.15) is 18.7 Å². The number of carbonyl (C=O) groups excluding carboxylic acids is 2. The molecule has 7 nitrogen and oxygen atoms in total. The smallest absolute Gasteiger partial charge is 0.407 e. The lowest BCUT2D eigenvalue weighted by Gasteiger charge is -2.21. The molecule has 1 aliphatic carbocycles. The summed E-state index contributed by atoms with van der Waals surface area (Å²) >= 11 is 0. The molecule has 0 unspecified atom stereocenters. The van der Waals surface area contributed by atoms with Gasteiger partial charge in [0.2, 0.25) is 5.91 Å². The zero-order valence-corrected chi connectivity index (χ0v) is 17.8. The summed E-state index contributed by atoms with van der Waals surface area (Å²) in [6, 6.07) is 14.2. The number of nitrogens with one attached hydrogen (secondary N) is 2. The lowest BCUT2D eigenvalue weighted by molar-refractivity contribution is -0.142. The van der Waals surface area contributed by atoms with E-state index in [0.717, 1.165) is 22.3 Å². The van der Waals surface area contributed by atoms with Crippen molar-refractivity contribution < 1.29 is 24.2 Å². The second-order valence-corrected chi connectivity index (χ2v) is 7.62. The number of hydrogen-bond donors (Lipinski definition) is 3. The number of amides is 2. The van der Waals surface area contributed by atoms with Gasteiger partial charge in [-0.3, -0.25) is 4.79 Å². The van der Waals surface area contributed by atoms with E-state index in [4.69, 9.17) is 4.74 Å². The van der Waals surface area contributed by atoms with E-state index < -0.39 is 30.1 Å². The van der Waals surface area contributed by atoms with Crippen LogP contribution in [0, 0.1) is 0 Å². The Hall–Kier alpha value is -3.35. The fourth-order valence-electron chi connectivity index (χ4n) is 3.95. The maximum Gasteiger partial charge on any atom is 0.407 e. The van der Waals surface area contributed by atoms with E-state index in [1.54, 1.807) is 6.92 Å². The van der Waals surface area contributed by atoms with E-state index in [0.29, 0.717) is 19.3 Å². The van der Waals surface area contributed by atoms with Crippen LogP contribution in [0.25, 0.3) is 11.1 Å². The van der Waals surface area contributed by atoms with Gasteiger partial charge in [-0.2, -0.15) is 0 Å². The molecule has 1 aliphatic rings. The van der Waals surface area contributed by atoms with Gasteiger partial charge in [-0.1, -0.05) is 68.8 Å². The Morgan fingerprint density at radius 3 is 2.03 bits per heavy atom. The Kier molecular flexibility index (Phi) is 7.28. The van der Waals surface area contributed by atoms with Crippen LogP contribution in [0.1, 0.15) is 50.2 Å². The number of ether oxygens (including phenoxy) is 1. The van der Waals surface area contributed by atoms with Crippen LogP contribution >= 0.6 is 0 Å². The van der Waals surface area contributed by atoms with E-state index in [1.807, 2.05) is 43.3 Å². The quantitative estimate of drug-likeness (QED) is 0.570. The van der Waals surface area contributed by atoms with Crippen molar-refractivity contribution >= 4 is 18.0 Å². The molecule has 2 aromatic rings. The lowest BCUT2D eigenvalue weighted by atomic mass is 9.98. The molecule has 0 radical (unpaired) electrons. The molecule has 3 N–H and O–H groups in total. The van der Waals surface area contributed by atoms with Crippen molar-refractivity contribution in [1.82, 2.24) is 10.6 Å². The fourth-order valence-corrected chi connectivity index (χ4v) is 3.95. The minimum absolute atomic E-state index is 0.0759. The molecule has 2 atom stereocenters. The number of fused-ring (bicyclic) bond motifs is 3. The molecule has 0 saturated carbocycles. The van der Waals surface area contributed by atoms with Crippen LogP contribution in [0.3, 0.4) is 0 Å². The zero-order valence-electron chi connectivity index (χ0n) is 17.8. The van der Waals surface area contributed by atoms with Crippen molar-refractivity contribution in [3.8, 4) is 11.1 Å². The zero-order chi connectivity index (χ0) is 22.4. The Labute approximate surface area is 181 Å². The lowest BCUT2D eigenvalue weighted by Crippen LogP contribution is -2.51. The minimum atomic E-state index is -1.09. The minimum Gasteiger partial charge on any atom is -0.480 e. The van der Waals surface area contributed by atoms with E-state index in [1.165, 1.54) is 0 Å². The summed E-state index contributed by atoms with van der Waals surface area (Å²) in [5.74, 6) is -1.70. The number of hydrogen-bond acceptors (Lipinski definition) is 4. The monoisotopic (exact) mass is 424 g/mol. The summed E-state index contributed by atoms with van der Waals surface area (Å²) < 4.78 is 5.48. The molecule has 0 heterocycles. The number of benzene rings is 2. The summed E-state index contributed by atoms with van der Waals surface area (Å²) in [7, 11) is 0. The molecular weight excluding hydrogens is 396 g/mol. The molecule has 0 fully saturated rings. The number of rotatable bonds is 9. The number of carboxylic acids is 1. The van der Waals surface area contributed by atoms with Crippen LogP contribution in [0.2, 0.25) is 0 Å². The summed E-state index contributed by atoms with van der Waals surface area (Å²) in [6.07, 6.45) is 0.552. The van der Waals surface area contributed by atoms with Crippen molar-refractivity contribution in [3.05, 3.63) is 59.7 Å². The molecule has 0 aromatic heterocycles. The number of alkyl carbamates (subject to hydrolysis) is 1. The number of aliphatic carboxylic acids is 1. The average molecular weight is 424 g/mol. The maximum absolute atomic E-state index is 12.4. The summed E-state index contributed by atoms with van der Waals surface area (Å²) in [6.45, 7) is 3.73. The van der Waals surface area contributed by atoms with Crippen LogP contribution in [0.15, 0.2) is 48.5 Å². The van der Waals surface area contributed by atoms with E-state index in [9.17, 15) is 19.5 Å². The molecule has 7 heteroatoms. The predicted octanol–water partition coefficient (Wildman–Crippen LogP) is 3.67. The standard InChI is InChI=1S/C24H28N2O5/c1-3-9-21(23(28)29)25-22(27)20(4-2)26-24(30)31-14-19-17-12-7-5-10-15(17)16-11-6-8-13-18(16)19/h5-8,10-13,19-21H,3-4,9,14H2,1-2H3,(H,25,27)(H,26,30)(H,28,29)/t20-,21-/m0/s1. The first kappa shape index (κ1) is 22.3. The highest BCUT2D eigenvalue weighted by Crippen LogP contribution is 2.44. The van der Waals surface area contributed by atoms with Gasteiger partial charge in [-0.15, -0.1) is 0 Å². The Morgan fingerprint density at radius 2 is 1.52 bits per heavy atom. The van der Waals surface area contributed by atoms with Crippen LogP contribution in [-0.4, -0.2) is 41.8 Å². The second-order valence-electron chi connectivity index (χ2n) is 7.62. The van der Waals surface area contributed by atoms with Crippen LogP contribution < -0.4 is 10.6 Å². The fraction of sp³-hybridized carbons (Fsp3) is 0.375. The molecule has 3 rings (SSSR count). The molecule has 31 heavy (non-hydrogen) atoms. The first-order valence-corrected chi connectivity index (χ1v) is 10.6. The molecule has 0 bridgehead atoms. The van der Waals surface area contributed by atoms with Gasteiger partial charge < -0.3 is 20.5 Å². The van der Waals surface area contributed by atoms with Gasteiger partial charge in [0.15, 0.2) is 0 Å². The highest BCUT2D eigenvalue weighted by atomic mass is 16.5. The SMILES string of the molecule is CCC[C@H](NC(=O)[C@H](CC)NC(=O)OCC1c2ccccc2-c2ccccc21)C(=O)O. The first-order valence-electron chi connectivity index (χ1n) is 10.6. The second kappa shape index (κ2) is 10.1. The van der Waals surface area contributed by atoms with Crippen LogP contribution in [-0.2, 0) is 14.3 Å². The first-order chi connectivity index (χ1) is 15.0. The largest absolute Gasteiger partial charge is 0.480 e. The van der Waals surface area contributed by atoms with Gasteiger partial charge in [0, 0.05) is 5.92 Å². The Balaban J connectivity index is 1.62. The predicted molar refractivity (Wildman–Crippen MR) is 117 cm³/mol. The Morgan fingerprint density at radius 1 is 0.935 bits per heavy atom. The molecule has 0 aliphatic heterocycles. The topological polar surface area (TPSA) is 105 Å². The van der Waals surface area contributed by atoms with Gasteiger partial charge in [-0.05, 0) is 35.1 Å². The Bertz CT molecular complexity index is 913. The summed E-state index contributed by atoms with van der Waals surface area (Å²) in [5, 5.41) is 14.3. The van der Waals surface area contributed by atoms with Crippen molar-refractivity contribution in [2.45, 2.75) is 51.1 Å². The van der Waals surface area contributed by atoms with Crippen molar-refractivity contribution in [3.63, 3.8) is 0 Å². The highest BCUT2D eigenvalue weighted by molar-refractivity contribution is 5.89.